The lowest BCUT2D eigenvalue weighted by molar-refractivity contribution is 0.0398. The summed E-state index contributed by atoms with van der Waals surface area (Å²) < 4.78 is 11.0. The monoisotopic (exact) mass is 435 g/mol. The van der Waals surface area contributed by atoms with Crippen LogP contribution in [-0.2, 0) is 4.74 Å². The molecule has 32 heavy (non-hydrogen) atoms. The van der Waals surface area contributed by atoms with Gasteiger partial charge in [-0.3, -0.25) is 14.7 Å². The van der Waals surface area contributed by atoms with Crippen LogP contribution in [0.3, 0.4) is 0 Å². The number of benzene rings is 2. The molecule has 1 fully saturated rings. The molecule has 1 amide bonds. The van der Waals surface area contributed by atoms with Crippen LogP contribution in [0.5, 0.6) is 5.75 Å². The fourth-order valence-electron chi connectivity index (χ4n) is 3.87. The number of carbonyl (C=O) groups excluding carboxylic acids is 1. The first-order valence-corrected chi connectivity index (χ1v) is 10.7. The van der Waals surface area contributed by atoms with E-state index < -0.39 is 5.91 Å². The van der Waals surface area contributed by atoms with E-state index in [0.717, 1.165) is 61.7 Å². The van der Waals surface area contributed by atoms with Crippen LogP contribution in [0.2, 0.25) is 0 Å². The Kier molecular flexibility index (Phi) is 6.72. The van der Waals surface area contributed by atoms with Crippen molar-refractivity contribution < 1.29 is 14.3 Å². The lowest BCUT2D eigenvalue weighted by atomic mass is 10.1. The van der Waals surface area contributed by atoms with E-state index in [1.54, 1.807) is 7.11 Å². The normalized spacial score (nSPS) is 14.3. The maximum atomic E-state index is 12.2. The van der Waals surface area contributed by atoms with Gasteiger partial charge in [-0.25, -0.2) is 0 Å². The fraction of sp³-hybridized carbons (Fsp3) is 0.333. The molecule has 8 heteroatoms. The molecule has 4 rings (SSSR count). The van der Waals surface area contributed by atoms with Gasteiger partial charge in [0.25, 0.3) is 5.91 Å². The third-order valence-electron chi connectivity index (χ3n) is 5.71. The molecule has 8 nitrogen and oxygen atoms in total. The van der Waals surface area contributed by atoms with Crippen molar-refractivity contribution in [3.05, 3.63) is 53.7 Å². The van der Waals surface area contributed by atoms with Gasteiger partial charge in [0.1, 0.15) is 5.75 Å². The summed E-state index contributed by atoms with van der Waals surface area (Å²) in [6, 6.07) is 11.7. The molecule has 2 heterocycles. The summed E-state index contributed by atoms with van der Waals surface area (Å²) in [4.78, 5) is 19.0. The average Bonchev–Trinajstić information content (AvgIpc) is 2.80. The number of pyridine rings is 1. The molecule has 0 unspecified atom stereocenters. The topological polar surface area (TPSA) is 102 Å². The largest absolute Gasteiger partial charge is 0.495 e. The molecule has 0 spiro atoms. The van der Waals surface area contributed by atoms with Crippen molar-refractivity contribution in [1.82, 2.24) is 9.88 Å². The molecular formula is C24H29N5O3. The number of aryl methyl sites for hydroxylation is 1. The molecule has 0 radical (unpaired) electrons. The summed E-state index contributed by atoms with van der Waals surface area (Å²) in [6.07, 6.45) is 1.51. The zero-order valence-electron chi connectivity index (χ0n) is 18.5. The minimum absolute atomic E-state index is 0.338. The highest BCUT2D eigenvalue weighted by Crippen LogP contribution is 2.36. The number of morpholine rings is 1. The third-order valence-corrected chi connectivity index (χ3v) is 5.71. The molecule has 4 N–H and O–H groups in total. The number of hydrogen-bond donors (Lipinski definition) is 3. The van der Waals surface area contributed by atoms with Crippen molar-refractivity contribution in [2.45, 2.75) is 6.92 Å². The standard InChI is InChI=1S/C24H29N5O3/c1-16-5-3-4-6-19(16)28-23-17-13-21(26-7-8-29-9-11-32-12-10-29)22(31-2)14-20(17)27-15-18(23)24(25)30/h3-6,13-15,26H,7-12H2,1-2H3,(H2,25,30)(H,27,28). The Morgan fingerprint density at radius 1 is 1.22 bits per heavy atom. The van der Waals surface area contributed by atoms with Gasteiger partial charge in [-0.1, -0.05) is 18.2 Å². The van der Waals surface area contributed by atoms with E-state index in [0.29, 0.717) is 22.5 Å². The maximum Gasteiger partial charge on any atom is 0.252 e. The third kappa shape index (κ3) is 4.76. The lowest BCUT2D eigenvalue weighted by Gasteiger charge is -2.26. The molecule has 0 bridgehead atoms. The van der Waals surface area contributed by atoms with Gasteiger partial charge in [-0.05, 0) is 24.6 Å². The first kappa shape index (κ1) is 21.9. The fourth-order valence-corrected chi connectivity index (χ4v) is 3.87. The number of ether oxygens (including phenoxy) is 2. The Labute approximate surface area is 187 Å². The van der Waals surface area contributed by atoms with Gasteiger partial charge in [0.2, 0.25) is 0 Å². The molecule has 168 valence electrons. The van der Waals surface area contributed by atoms with Crippen molar-refractivity contribution in [1.29, 1.82) is 0 Å². The number of anilines is 3. The summed E-state index contributed by atoms with van der Waals surface area (Å²) >= 11 is 0. The predicted molar refractivity (Wildman–Crippen MR) is 127 cm³/mol. The van der Waals surface area contributed by atoms with E-state index in [9.17, 15) is 4.79 Å². The minimum Gasteiger partial charge on any atom is -0.495 e. The second-order valence-corrected chi connectivity index (χ2v) is 7.80. The van der Waals surface area contributed by atoms with E-state index in [1.165, 1.54) is 6.20 Å². The van der Waals surface area contributed by atoms with Crippen molar-refractivity contribution in [3.63, 3.8) is 0 Å². The van der Waals surface area contributed by atoms with Gasteiger partial charge in [0.05, 0.1) is 42.8 Å². The number of aromatic nitrogens is 1. The lowest BCUT2D eigenvalue weighted by Crippen LogP contribution is -2.39. The first-order chi connectivity index (χ1) is 15.6. The molecule has 3 aromatic rings. The van der Waals surface area contributed by atoms with Crippen molar-refractivity contribution in [2.24, 2.45) is 5.73 Å². The van der Waals surface area contributed by atoms with Crippen LogP contribution in [0, 0.1) is 6.92 Å². The van der Waals surface area contributed by atoms with Crippen molar-refractivity contribution >= 4 is 33.9 Å². The summed E-state index contributed by atoms with van der Waals surface area (Å²) in [5, 5.41) is 7.67. The Bertz CT molecular complexity index is 1110. The van der Waals surface area contributed by atoms with Crippen molar-refractivity contribution in [3.8, 4) is 5.75 Å². The summed E-state index contributed by atoms with van der Waals surface area (Å²) in [5.41, 5.74) is 10.2. The van der Waals surface area contributed by atoms with Gasteiger partial charge in [-0.2, -0.15) is 0 Å². The Morgan fingerprint density at radius 2 is 2.00 bits per heavy atom. The van der Waals surface area contributed by atoms with Crippen LogP contribution >= 0.6 is 0 Å². The van der Waals surface area contributed by atoms with Crippen LogP contribution in [0.25, 0.3) is 10.9 Å². The molecular weight excluding hydrogens is 406 g/mol. The number of nitrogens with two attached hydrogens (primary N) is 1. The zero-order valence-corrected chi connectivity index (χ0v) is 18.5. The number of hydrogen-bond acceptors (Lipinski definition) is 7. The summed E-state index contributed by atoms with van der Waals surface area (Å²) in [6.45, 7) is 7.09. The van der Waals surface area contributed by atoms with Gasteiger partial charge in [0, 0.05) is 49.5 Å². The van der Waals surface area contributed by atoms with E-state index in [4.69, 9.17) is 15.2 Å². The molecule has 1 aliphatic heterocycles. The zero-order chi connectivity index (χ0) is 22.5. The van der Waals surface area contributed by atoms with Crippen LogP contribution in [0.4, 0.5) is 17.1 Å². The molecule has 0 saturated carbocycles. The Hall–Kier alpha value is -3.36. The van der Waals surface area contributed by atoms with E-state index in [-0.39, 0.29) is 0 Å². The van der Waals surface area contributed by atoms with Crippen LogP contribution in [0.15, 0.2) is 42.6 Å². The number of nitrogens with zero attached hydrogens (tertiary/aromatic N) is 2. The highest BCUT2D eigenvalue weighted by molar-refractivity contribution is 6.08. The van der Waals surface area contributed by atoms with Gasteiger partial charge in [0.15, 0.2) is 0 Å². The van der Waals surface area contributed by atoms with Gasteiger partial charge < -0.3 is 25.8 Å². The van der Waals surface area contributed by atoms with Crippen molar-refractivity contribution in [2.75, 3.05) is 57.1 Å². The number of carbonyl (C=O) groups is 1. The highest BCUT2D eigenvalue weighted by Gasteiger charge is 2.17. The summed E-state index contributed by atoms with van der Waals surface area (Å²) in [7, 11) is 1.64. The maximum absolute atomic E-state index is 12.2. The predicted octanol–water partition coefficient (Wildman–Crippen LogP) is 3.14. The highest BCUT2D eigenvalue weighted by atomic mass is 16.5. The van der Waals surface area contributed by atoms with Crippen LogP contribution < -0.4 is 21.1 Å². The summed E-state index contributed by atoms with van der Waals surface area (Å²) in [5.74, 6) is 0.161. The molecule has 0 atom stereocenters. The molecule has 1 saturated heterocycles. The van der Waals surface area contributed by atoms with E-state index in [2.05, 4.69) is 20.5 Å². The number of methoxy groups -OCH3 is 1. The second-order valence-electron chi connectivity index (χ2n) is 7.80. The van der Waals surface area contributed by atoms with Crippen LogP contribution in [0.1, 0.15) is 15.9 Å². The Balaban J connectivity index is 1.69. The number of nitrogens with one attached hydrogen (secondary N) is 2. The Morgan fingerprint density at radius 3 is 2.72 bits per heavy atom. The molecule has 1 aromatic heterocycles. The number of amides is 1. The number of fused-ring (bicyclic) bond motifs is 1. The molecule has 2 aromatic carbocycles. The van der Waals surface area contributed by atoms with E-state index in [1.807, 2.05) is 43.3 Å². The molecule has 1 aliphatic rings. The quantitative estimate of drug-likeness (QED) is 0.500. The smallest absolute Gasteiger partial charge is 0.252 e. The molecule has 0 aliphatic carbocycles. The SMILES string of the molecule is COc1cc2ncc(C(N)=O)c(Nc3ccccc3C)c2cc1NCCN1CCOCC1. The number of primary amides is 1. The number of para-hydroxylation sites is 1. The minimum atomic E-state index is -0.534. The first-order valence-electron chi connectivity index (χ1n) is 10.7. The second kappa shape index (κ2) is 9.84. The number of rotatable bonds is 8. The van der Waals surface area contributed by atoms with E-state index >= 15 is 0 Å². The van der Waals surface area contributed by atoms with Crippen LogP contribution in [-0.4, -0.2) is 62.3 Å². The average molecular weight is 436 g/mol. The van der Waals surface area contributed by atoms with Gasteiger partial charge >= 0.3 is 0 Å². The van der Waals surface area contributed by atoms with Gasteiger partial charge in [-0.15, -0.1) is 0 Å².